The summed E-state index contributed by atoms with van der Waals surface area (Å²) in [6.45, 7) is 17.8. The standard InChI is InChI=1S/C31H54/c1-8-31(9-2)19-11-14-28-25-15-16-26-24(23(5)13-10-12-22(3)4)17-20-29(26,6)27(25)18-21-30(28,31)7/h22-23,25,27-28H,8-21H2,1-7H3/t23-,25+,27-,28-,29-,30-/m0/s1. The zero-order valence-electron chi connectivity index (χ0n) is 22.3. The number of hydrogen-bond donors (Lipinski definition) is 0. The van der Waals surface area contributed by atoms with Crippen molar-refractivity contribution in [1.29, 1.82) is 0 Å². The van der Waals surface area contributed by atoms with Crippen LogP contribution in [0.1, 0.15) is 138 Å². The topological polar surface area (TPSA) is 0 Å². The zero-order valence-corrected chi connectivity index (χ0v) is 22.3. The van der Waals surface area contributed by atoms with Gasteiger partial charge in [0.25, 0.3) is 0 Å². The average Bonchev–Trinajstić information content (AvgIpc) is 3.10. The quantitative estimate of drug-likeness (QED) is 0.355. The lowest BCUT2D eigenvalue weighted by Crippen LogP contribution is -2.57. The molecular formula is C31H54. The fourth-order valence-electron chi connectivity index (χ4n) is 10.1. The number of fused-ring (bicyclic) bond motifs is 5. The van der Waals surface area contributed by atoms with Gasteiger partial charge < -0.3 is 0 Å². The first-order chi connectivity index (χ1) is 14.7. The molecule has 0 aromatic rings. The Balaban J connectivity index is 1.56. The number of hydrogen-bond acceptors (Lipinski definition) is 0. The highest BCUT2D eigenvalue weighted by Gasteiger charge is 2.61. The second kappa shape index (κ2) is 8.83. The van der Waals surface area contributed by atoms with Crippen LogP contribution in [0.2, 0.25) is 0 Å². The number of rotatable bonds is 7. The second-order valence-electron chi connectivity index (χ2n) is 13.4. The van der Waals surface area contributed by atoms with E-state index in [4.69, 9.17) is 0 Å². The Morgan fingerprint density at radius 1 is 0.839 bits per heavy atom. The molecule has 0 heteroatoms. The SMILES string of the molecule is CCC1(CC)CCC[C@H]2[C@@H]3CCC4=C([C@@H](C)CCCC(C)C)CC[C@]4(C)[C@H]3CC[C@@]21C. The van der Waals surface area contributed by atoms with Crippen molar-refractivity contribution in [3.05, 3.63) is 11.1 Å². The van der Waals surface area contributed by atoms with Gasteiger partial charge in [0.1, 0.15) is 0 Å². The molecule has 4 aliphatic rings. The van der Waals surface area contributed by atoms with Gasteiger partial charge in [-0.1, -0.05) is 78.9 Å². The van der Waals surface area contributed by atoms with E-state index in [2.05, 4.69) is 48.5 Å². The van der Waals surface area contributed by atoms with Crippen molar-refractivity contribution in [2.24, 2.45) is 45.8 Å². The van der Waals surface area contributed by atoms with Gasteiger partial charge in [-0.2, -0.15) is 0 Å². The predicted octanol–water partition coefficient (Wildman–Crippen LogP) is 9.98. The zero-order chi connectivity index (χ0) is 22.4. The molecule has 0 amide bonds. The average molecular weight is 427 g/mol. The molecule has 0 unspecified atom stereocenters. The Morgan fingerprint density at radius 3 is 2.26 bits per heavy atom. The minimum absolute atomic E-state index is 0.546. The van der Waals surface area contributed by atoms with Gasteiger partial charge in [-0.05, 0) is 116 Å². The highest BCUT2D eigenvalue weighted by atomic mass is 14.7. The van der Waals surface area contributed by atoms with E-state index in [0.29, 0.717) is 16.2 Å². The molecule has 0 saturated heterocycles. The molecule has 0 aromatic carbocycles. The summed E-state index contributed by atoms with van der Waals surface area (Å²) in [5, 5.41) is 0. The Kier molecular flexibility index (Phi) is 6.80. The fraction of sp³-hybridized carbons (Fsp3) is 0.935. The van der Waals surface area contributed by atoms with Gasteiger partial charge in [0, 0.05) is 0 Å². The van der Waals surface area contributed by atoms with Crippen molar-refractivity contribution in [3.8, 4) is 0 Å². The van der Waals surface area contributed by atoms with Crippen LogP contribution in [0.4, 0.5) is 0 Å². The fourth-order valence-corrected chi connectivity index (χ4v) is 10.1. The molecule has 31 heavy (non-hydrogen) atoms. The minimum atomic E-state index is 0.546. The van der Waals surface area contributed by atoms with Crippen LogP contribution in [0.25, 0.3) is 0 Å². The molecule has 0 N–H and O–H groups in total. The smallest absolute Gasteiger partial charge is 0.00796 e. The van der Waals surface area contributed by atoms with E-state index in [9.17, 15) is 0 Å². The lowest BCUT2D eigenvalue weighted by atomic mass is 9.40. The molecule has 0 spiro atoms. The Bertz CT molecular complexity index is 664. The molecule has 4 aliphatic carbocycles. The van der Waals surface area contributed by atoms with Crippen LogP contribution in [0, 0.1) is 45.8 Å². The van der Waals surface area contributed by atoms with Crippen molar-refractivity contribution in [1.82, 2.24) is 0 Å². The van der Waals surface area contributed by atoms with E-state index in [1.54, 1.807) is 0 Å². The van der Waals surface area contributed by atoms with E-state index < -0.39 is 0 Å². The highest BCUT2D eigenvalue weighted by Crippen LogP contribution is 2.70. The predicted molar refractivity (Wildman–Crippen MR) is 136 cm³/mol. The van der Waals surface area contributed by atoms with Crippen molar-refractivity contribution >= 4 is 0 Å². The number of allylic oxidation sites excluding steroid dienone is 2. The van der Waals surface area contributed by atoms with Crippen molar-refractivity contribution in [3.63, 3.8) is 0 Å². The molecule has 6 atom stereocenters. The normalized spacial score (nSPS) is 40.5. The van der Waals surface area contributed by atoms with E-state index in [0.717, 1.165) is 29.6 Å². The van der Waals surface area contributed by atoms with Crippen LogP contribution in [-0.2, 0) is 0 Å². The molecule has 178 valence electrons. The second-order valence-corrected chi connectivity index (χ2v) is 13.4. The van der Waals surface area contributed by atoms with Gasteiger partial charge in [-0.15, -0.1) is 0 Å². The largest absolute Gasteiger partial charge is 0.0676 e. The van der Waals surface area contributed by atoms with Crippen LogP contribution >= 0.6 is 0 Å². The minimum Gasteiger partial charge on any atom is -0.0676 e. The molecule has 0 aromatic heterocycles. The first kappa shape index (κ1) is 23.9. The molecule has 0 nitrogen and oxygen atoms in total. The summed E-state index contributed by atoms with van der Waals surface area (Å²) in [7, 11) is 0. The van der Waals surface area contributed by atoms with Crippen LogP contribution in [0.15, 0.2) is 11.1 Å². The third-order valence-corrected chi connectivity index (χ3v) is 12.1. The molecule has 3 fully saturated rings. The van der Waals surface area contributed by atoms with Crippen LogP contribution < -0.4 is 0 Å². The summed E-state index contributed by atoms with van der Waals surface area (Å²) in [5.74, 6) is 4.70. The van der Waals surface area contributed by atoms with Gasteiger partial charge in [-0.3, -0.25) is 0 Å². The first-order valence-corrected chi connectivity index (χ1v) is 14.4. The molecule has 3 saturated carbocycles. The van der Waals surface area contributed by atoms with Gasteiger partial charge in [-0.25, -0.2) is 0 Å². The molecule has 4 rings (SSSR count). The molecule has 0 radical (unpaired) electrons. The Labute approximate surface area is 195 Å². The maximum atomic E-state index is 2.75. The molecule has 0 heterocycles. The van der Waals surface area contributed by atoms with Crippen molar-refractivity contribution < 1.29 is 0 Å². The molecular weight excluding hydrogens is 372 g/mol. The summed E-state index contributed by atoms with van der Waals surface area (Å²) in [4.78, 5) is 0. The van der Waals surface area contributed by atoms with Crippen LogP contribution in [0.5, 0.6) is 0 Å². The summed E-state index contributed by atoms with van der Waals surface area (Å²) in [6.07, 6.45) is 20.5. The van der Waals surface area contributed by atoms with E-state index >= 15 is 0 Å². The summed E-state index contributed by atoms with van der Waals surface area (Å²) in [5.41, 5.74) is 5.69. The van der Waals surface area contributed by atoms with Crippen molar-refractivity contribution in [2.45, 2.75) is 138 Å². The molecule has 0 bridgehead atoms. The maximum Gasteiger partial charge on any atom is -0.00796 e. The highest BCUT2D eigenvalue weighted by molar-refractivity contribution is 5.33. The molecule has 0 aliphatic heterocycles. The van der Waals surface area contributed by atoms with E-state index in [1.165, 1.54) is 89.9 Å². The summed E-state index contributed by atoms with van der Waals surface area (Å²) in [6, 6.07) is 0. The van der Waals surface area contributed by atoms with Crippen LogP contribution in [0.3, 0.4) is 0 Å². The lowest BCUT2D eigenvalue weighted by Gasteiger charge is -2.65. The van der Waals surface area contributed by atoms with Gasteiger partial charge in [0.15, 0.2) is 0 Å². The Hall–Kier alpha value is -0.260. The van der Waals surface area contributed by atoms with E-state index in [1.807, 2.05) is 11.1 Å². The van der Waals surface area contributed by atoms with Crippen molar-refractivity contribution in [2.75, 3.05) is 0 Å². The van der Waals surface area contributed by atoms with Gasteiger partial charge in [0.05, 0.1) is 0 Å². The van der Waals surface area contributed by atoms with Gasteiger partial charge in [0.2, 0.25) is 0 Å². The lowest BCUT2D eigenvalue weighted by molar-refractivity contribution is -0.146. The maximum absolute atomic E-state index is 2.75. The Morgan fingerprint density at radius 2 is 1.58 bits per heavy atom. The van der Waals surface area contributed by atoms with Gasteiger partial charge >= 0.3 is 0 Å². The summed E-state index contributed by atoms with van der Waals surface area (Å²) >= 11 is 0. The van der Waals surface area contributed by atoms with E-state index in [-0.39, 0.29) is 0 Å². The third kappa shape index (κ3) is 3.69. The third-order valence-electron chi connectivity index (χ3n) is 12.1. The monoisotopic (exact) mass is 426 g/mol. The first-order valence-electron chi connectivity index (χ1n) is 14.4. The van der Waals surface area contributed by atoms with Crippen LogP contribution in [-0.4, -0.2) is 0 Å². The summed E-state index contributed by atoms with van der Waals surface area (Å²) < 4.78 is 0.